The first-order chi connectivity index (χ1) is 6.72. The van der Waals surface area contributed by atoms with Crippen LogP contribution in [0.1, 0.15) is 22.9 Å². The van der Waals surface area contributed by atoms with Crippen molar-refractivity contribution in [3.63, 3.8) is 0 Å². The maximum atomic E-state index is 2.27. The molecular weight excluding hydrogens is 188 g/mol. The first-order valence-corrected chi connectivity index (χ1v) is 5.66. The van der Waals surface area contributed by atoms with E-state index in [9.17, 15) is 0 Å². The van der Waals surface area contributed by atoms with Gasteiger partial charge in [0.25, 0.3) is 0 Å². The number of aryl methyl sites for hydroxylation is 2. The van der Waals surface area contributed by atoms with Crippen molar-refractivity contribution in [2.75, 3.05) is 0 Å². The smallest absolute Gasteiger partial charge is 0.0352 e. The Bertz CT molecular complexity index is 489. The SMILES string of the molecule is CC=Cc1sc2ccc(C)cc2c1C. The van der Waals surface area contributed by atoms with Crippen molar-refractivity contribution < 1.29 is 0 Å². The lowest BCUT2D eigenvalue weighted by Crippen LogP contribution is -1.73. The summed E-state index contributed by atoms with van der Waals surface area (Å²) < 4.78 is 1.39. The topological polar surface area (TPSA) is 0 Å². The van der Waals surface area contributed by atoms with E-state index in [0.29, 0.717) is 0 Å². The lowest BCUT2D eigenvalue weighted by molar-refractivity contribution is 1.49. The standard InChI is InChI=1S/C13H14S/c1-4-5-12-10(3)11-8-9(2)6-7-13(11)14-12/h4-8H,1-3H3. The molecule has 0 amide bonds. The van der Waals surface area contributed by atoms with Crippen LogP contribution < -0.4 is 0 Å². The molecule has 1 heterocycles. The van der Waals surface area contributed by atoms with Crippen LogP contribution in [0.15, 0.2) is 24.3 Å². The summed E-state index contributed by atoms with van der Waals surface area (Å²) in [7, 11) is 0. The number of rotatable bonds is 1. The van der Waals surface area contributed by atoms with Crippen molar-refractivity contribution in [1.82, 2.24) is 0 Å². The summed E-state index contributed by atoms with van der Waals surface area (Å²) in [6.07, 6.45) is 4.29. The molecule has 2 aromatic rings. The summed E-state index contributed by atoms with van der Waals surface area (Å²) in [6.45, 7) is 6.41. The van der Waals surface area contributed by atoms with Gasteiger partial charge in [-0.25, -0.2) is 0 Å². The molecule has 0 nitrogen and oxygen atoms in total. The van der Waals surface area contributed by atoms with Crippen LogP contribution >= 0.6 is 11.3 Å². The fourth-order valence-electron chi connectivity index (χ4n) is 1.66. The third kappa shape index (κ3) is 1.48. The van der Waals surface area contributed by atoms with Gasteiger partial charge >= 0.3 is 0 Å². The molecule has 0 saturated heterocycles. The van der Waals surface area contributed by atoms with Crippen LogP contribution in [-0.4, -0.2) is 0 Å². The molecule has 2 rings (SSSR count). The van der Waals surface area contributed by atoms with Gasteiger partial charge in [0.15, 0.2) is 0 Å². The van der Waals surface area contributed by atoms with Crippen molar-refractivity contribution in [2.45, 2.75) is 20.8 Å². The van der Waals surface area contributed by atoms with Gasteiger partial charge in [-0.3, -0.25) is 0 Å². The number of hydrogen-bond acceptors (Lipinski definition) is 1. The highest BCUT2D eigenvalue weighted by Gasteiger charge is 2.05. The Morgan fingerprint density at radius 3 is 2.71 bits per heavy atom. The van der Waals surface area contributed by atoms with Crippen LogP contribution in [0.5, 0.6) is 0 Å². The monoisotopic (exact) mass is 202 g/mol. The molecule has 0 atom stereocenters. The Morgan fingerprint density at radius 2 is 2.00 bits per heavy atom. The fourth-order valence-corrected chi connectivity index (χ4v) is 2.83. The van der Waals surface area contributed by atoms with Crippen molar-refractivity contribution in [3.05, 3.63) is 40.3 Å². The largest absolute Gasteiger partial charge is 0.136 e. The van der Waals surface area contributed by atoms with E-state index in [1.54, 1.807) is 0 Å². The summed E-state index contributed by atoms with van der Waals surface area (Å²) in [5.41, 5.74) is 2.75. The lowest BCUT2D eigenvalue weighted by atomic mass is 10.1. The van der Waals surface area contributed by atoms with Gasteiger partial charge in [0.1, 0.15) is 0 Å². The number of fused-ring (bicyclic) bond motifs is 1. The third-order valence-corrected chi connectivity index (χ3v) is 3.68. The van der Waals surface area contributed by atoms with Crippen molar-refractivity contribution in [1.29, 1.82) is 0 Å². The molecule has 0 aliphatic heterocycles. The molecular formula is C13H14S. The summed E-state index contributed by atoms with van der Waals surface area (Å²) in [6, 6.07) is 6.67. The quantitative estimate of drug-likeness (QED) is 0.636. The Kier molecular flexibility index (Phi) is 2.42. The van der Waals surface area contributed by atoms with E-state index in [4.69, 9.17) is 0 Å². The van der Waals surface area contributed by atoms with Gasteiger partial charge in [0, 0.05) is 9.58 Å². The number of hydrogen-bond donors (Lipinski definition) is 0. The molecule has 0 radical (unpaired) electrons. The Morgan fingerprint density at radius 1 is 1.21 bits per heavy atom. The van der Waals surface area contributed by atoms with E-state index >= 15 is 0 Å². The maximum absolute atomic E-state index is 2.27. The minimum atomic E-state index is 1.34. The minimum Gasteiger partial charge on any atom is -0.136 e. The van der Waals surface area contributed by atoms with Gasteiger partial charge in [0.05, 0.1) is 0 Å². The molecule has 0 unspecified atom stereocenters. The van der Waals surface area contributed by atoms with Gasteiger partial charge in [-0.05, 0) is 43.9 Å². The zero-order valence-electron chi connectivity index (χ0n) is 8.79. The highest BCUT2D eigenvalue weighted by molar-refractivity contribution is 7.20. The normalized spacial score (nSPS) is 11.6. The molecule has 0 fully saturated rings. The summed E-state index contributed by atoms with van der Waals surface area (Å²) >= 11 is 1.87. The van der Waals surface area contributed by atoms with Gasteiger partial charge < -0.3 is 0 Å². The first-order valence-electron chi connectivity index (χ1n) is 4.85. The van der Waals surface area contributed by atoms with Crippen LogP contribution in [0, 0.1) is 13.8 Å². The van der Waals surface area contributed by atoms with Crippen LogP contribution in [-0.2, 0) is 0 Å². The van der Waals surface area contributed by atoms with E-state index in [2.05, 4.69) is 51.1 Å². The lowest BCUT2D eigenvalue weighted by Gasteiger charge is -1.93. The van der Waals surface area contributed by atoms with Crippen LogP contribution in [0.2, 0.25) is 0 Å². The summed E-state index contributed by atoms with van der Waals surface area (Å²) in [5, 5.41) is 1.41. The molecule has 0 bridgehead atoms. The van der Waals surface area contributed by atoms with Crippen molar-refractivity contribution in [3.8, 4) is 0 Å². The maximum Gasteiger partial charge on any atom is 0.0352 e. The molecule has 0 saturated carbocycles. The predicted octanol–water partition coefficient (Wildman–Crippen LogP) is 4.55. The second-order valence-corrected chi connectivity index (χ2v) is 4.67. The molecule has 0 aliphatic carbocycles. The molecule has 1 heteroatoms. The average Bonchev–Trinajstić information content (AvgIpc) is 2.46. The minimum absolute atomic E-state index is 1.34. The third-order valence-electron chi connectivity index (χ3n) is 2.45. The molecule has 1 aromatic heterocycles. The number of thiophene rings is 1. The number of benzene rings is 1. The average molecular weight is 202 g/mol. The molecule has 72 valence electrons. The molecule has 0 spiro atoms. The second-order valence-electron chi connectivity index (χ2n) is 3.59. The van der Waals surface area contributed by atoms with Crippen LogP contribution in [0.25, 0.3) is 16.2 Å². The van der Waals surface area contributed by atoms with E-state index < -0.39 is 0 Å². The summed E-state index contributed by atoms with van der Waals surface area (Å²) in [4.78, 5) is 1.38. The van der Waals surface area contributed by atoms with Gasteiger partial charge in [-0.2, -0.15) is 0 Å². The van der Waals surface area contributed by atoms with Crippen LogP contribution in [0.4, 0.5) is 0 Å². The van der Waals surface area contributed by atoms with Crippen LogP contribution in [0.3, 0.4) is 0 Å². The van der Waals surface area contributed by atoms with E-state index in [-0.39, 0.29) is 0 Å². The van der Waals surface area contributed by atoms with E-state index in [1.807, 2.05) is 11.3 Å². The first kappa shape index (κ1) is 9.47. The van der Waals surface area contributed by atoms with Gasteiger partial charge in [-0.1, -0.05) is 23.8 Å². The zero-order chi connectivity index (χ0) is 10.1. The summed E-state index contributed by atoms with van der Waals surface area (Å²) in [5.74, 6) is 0. The van der Waals surface area contributed by atoms with Crippen molar-refractivity contribution >= 4 is 27.5 Å². The van der Waals surface area contributed by atoms with E-state index in [0.717, 1.165) is 0 Å². The zero-order valence-corrected chi connectivity index (χ0v) is 9.61. The molecule has 0 N–H and O–H groups in total. The van der Waals surface area contributed by atoms with Crippen molar-refractivity contribution in [2.24, 2.45) is 0 Å². The van der Waals surface area contributed by atoms with Gasteiger partial charge in [-0.15, -0.1) is 11.3 Å². The fraction of sp³-hybridized carbons (Fsp3) is 0.231. The number of allylic oxidation sites excluding steroid dienone is 1. The highest BCUT2D eigenvalue weighted by Crippen LogP contribution is 2.32. The Hall–Kier alpha value is -1.08. The molecule has 1 aromatic carbocycles. The molecule has 14 heavy (non-hydrogen) atoms. The molecule has 0 aliphatic rings. The predicted molar refractivity (Wildman–Crippen MR) is 66.0 cm³/mol. The second kappa shape index (κ2) is 3.58. The van der Waals surface area contributed by atoms with Gasteiger partial charge in [0.2, 0.25) is 0 Å². The Balaban J connectivity index is 2.74. The Labute approximate surface area is 88.9 Å². The highest BCUT2D eigenvalue weighted by atomic mass is 32.1. The van der Waals surface area contributed by atoms with E-state index in [1.165, 1.54) is 26.1 Å².